The van der Waals surface area contributed by atoms with Gasteiger partial charge in [0.05, 0.1) is 31.0 Å². The molecule has 0 bridgehead atoms. The largest absolute Gasteiger partial charge is 0.494 e. The summed E-state index contributed by atoms with van der Waals surface area (Å²) in [7, 11) is 2.82. The fourth-order valence-electron chi connectivity index (χ4n) is 4.00. The van der Waals surface area contributed by atoms with Crippen LogP contribution in [0.15, 0.2) is 66.7 Å². The Labute approximate surface area is 222 Å². The molecule has 0 saturated heterocycles. The molecule has 2 N–H and O–H groups in total. The van der Waals surface area contributed by atoms with Gasteiger partial charge >= 0.3 is 12.0 Å². The number of anilines is 3. The van der Waals surface area contributed by atoms with Gasteiger partial charge in [0, 0.05) is 24.4 Å². The Morgan fingerprint density at radius 1 is 0.895 bits per heavy atom. The van der Waals surface area contributed by atoms with Gasteiger partial charge in [-0.2, -0.15) is 0 Å². The lowest BCUT2D eigenvalue weighted by molar-refractivity contribution is -0.117. The number of carbonyl (C=O) groups excluding carboxylic acids is 3. The summed E-state index contributed by atoms with van der Waals surface area (Å²) in [6, 6.07) is 18.7. The second-order valence-electron chi connectivity index (χ2n) is 9.25. The van der Waals surface area contributed by atoms with Gasteiger partial charge < -0.3 is 29.7 Å². The highest BCUT2D eigenvalue weighted by molar-refractivity contribution is 6.01. The average Bonchev–Trinajstić information content (AvgIpc) is 2.89. The fourth-order valence-corrected chi connectivity index (χ4v) is 4.00. The second kappa shape index (κ2) is 12.1. The molecule has 9 nitrogen and oxygen atoms in total. The van der Waals surface area contributed by atoms with Crippen LogP contribution in [0.25, 0.3) is 0 Å². The van der Waals surface area contributed by atoms with E-state index in [0.29, 0.717) is 34.1 Å². The predicted octanol–water partition coefficient (Wildman–Crippen LogP) is 5.64. The standard InChI is InChI=1S/C29H33N3O6/c1-19-9-7-8-10-24(19)30-28(35)31-25-16-13-22(17-26(25)36-5)32(20(2)33)29(3,4)18-38-23-14-11-21(12-15-23)27(34)37-6/h7-17H,18H2,1-6H3,(H2,30,31,35). The summed E-state index contributed by atoms with van der Waals surface area (Å²) in [6.07, 6.45) is 0. The number of hydrogen-bond donors (Lipinski definition) is 2. The summed E-state index contributed by atoms with van der Waals surface area (Å²) in [6.45, 7) is 7.31. The number of aryl methyl sites for hydroxylation is 1. The van der Waals surface area contributed by atoms with E-state index < -0.39 is 17.5 Å². The van der Waals surface area contributed by atoms with Crippen LogP contribution in [0.1, 0.15) is 36.7 Å². The van der Waals surface area contributed by atoms with Crippen LogP contribution < -0.4 is 25.0 Å². The average molecular weight is 520 g/mol. The number of nitrogens with one attached hydrogen (secondary N) is 2. The summed E-state index contributed by atoms with van der Waals surface area (Å²) in [5.74, 6) is 0.314. The molecule has 0 fully saturated rings. The zero-order valence-electron chi connectivity index (χ0n) is 22.5. The zero-order valence-corrected chi connectivity index (χ0v) is 22.5. The minimum atomic E-state index is -0.755. The van der Waals surface area contributed by atoms with Crippen molar-refractivity contribution in [3.63, 3.8) is 0 Å². The number of rotatable bonds is 9. The van der Waals surface area contributed by atoms with Gasteiger partial charge in [-0.3, -0.25) is 4.79 Å². The first-order valence-electron chi connectivity index (χ1n) is 12.0. The highest BCUT2D eigenvalue weighted by Crippen LogP contribution is 2.33. The smallest absolute Gasteiger partial charge is 0.337 e. The van der Waals surface area contributed by atoms with Crippen LogP contribution in [-0.4, -0.2) is 44.3 Å². The summed E-state index contributed by atoms with van der Waals surface area (Å²) in [4.78, 5) is 38.6. The van der Waals surface area contributed by atoms with Crippen LogP contribution in [0.5, 0.6) is 11.5 Å². The fraction of sp³-hybridized carbons (Fsp3) is 0.276. The van der Waals surface area contributed by atoms with Crippen LogP contribution in [0.3, 0.4) is 0 Å². The number of methoxy groups -OCH3 is 2. The number of benzene rings is 3. The van der Waals surface area contributed by atoms with Crippen molar-refractivity contribution in [1.29, 1.82) is 0 Å². The number of para-hydroxylation sites is 1. The first-order chi connectivity index (χ1) is 18.1. The third-order valence-electron chi connectivity index (χ3n) is 5.87. The second-order valence-corrected chi connectivity index (χ2v) is 9.25. The molecular weight excluding hydrogens is 486 g/mol. The molecular formula is C29H33N3O6. The number of hydrogen-bond acceptors (Lipinski definition) is 6. The van der Waals surface area contributed by atoms with E-state index in [9.17, 15) is 14.4 Å². The zero-order chi connectivity index (χ0) is 27.9. The molecule has 0 spiro atoms. The molecule has 0 saturated carbocycles. The normalized spacial score (nSPS) is 10.8. The van der Waals surface area contributed by atoms with E-state index in [-0.39, 0.29) is 12.5 Å². The molecule has 3 aromatic rings. The van der Waals surface area contributed by atoms with E-state index in [2.05, 4.69) is 10.6 Å². The lowest BCUT2D eigenvalue weighted by Crippen LogP contribution is -2.51. The Kier molecular flexibility index (Phi) is 8.96. The van der Waals surface area contributed by atoms with Crippen molar-refractivity contribution >= 4 is 35.0 Å². The molecule has 9 heteroatoms. The number of urea groups is 1. The Bertz CT molecular complexity index is 1300. The van der Waals surface area contributed by atoms with E-state index in [4.69, 9.17) is 14.2 Å². The molecule has 3 rings (SSSR count). The van der Waals surface area contributed by atoms with E-state index >= 15 is 0 Å². The lowest BCUT2D eigenvalue weighted by atomic mass is 10.0. The third kappa shape index (κ3) is 6.82. The van der Waals surface area contributed by atoms with E-state index in [1.807, 2.05) is 45.0 Å². The molecule has 0 aliphatic carbocycles. The molecule has 0 unspecified atom stereocenters. The van der Waals surface area contributed by atoms with Crippen molar-refractivity contribution in [2.24, 2.45) is 0 Å². The minimum Gasteiger partial charge on any atom is -0.494 e. The van der Waals surface area contributed by atoms with Crippen LogP contribution >= 0.6 is 0 Å². The van der Waals surface area contributed by atoms with Gasteiger partial charge in [0.2, 0.25) is 5.91 Å². The van der Waals surface area contributed by atoms with Gasteiger partial charge in [0.15, 0.2) is 0 Å². The third-order valence-corrected chi connectivity index (χ3v) is 5.87. The van der Waals surface area contributed by atoms with E-state index in [0.717, 1.165) is 5.56 Å². The molecule has 0 atom stereocenters. The maximum atomic E-state index is 12.8. The molecule has 38 heavy (non-hydrogen) atoms. The van der Waals surface area contributed by atoms with E-state index in [1.54, 1.807) is 47.4 Å². The number of ether oxygens (including phenoxy) is 3. The van der Waals surface area contributed by atoms with Gasteiger partial charge in [-0.25, -0.2) is 9.59 Å². The van der Waals surface area contributed by atoms with Crippen LogP contribution in [-0.2, 0) is 9.53 Å². The van der Waals surface area contributed by atoms with Crippen molar-refractivity contribution in [1.82, 2.24) is 0 Å². The van der Waals surface area contributed by atoms with Crippen LogP contribution in [0.4, 0.5) is 21.9 Å². The van der Waals surface area contributed by atoms with Gasteiger partial charge in [-0.05, 0) is 68.8 Å². The molecule has 0 aliphatic rings. The Balaban J connectivity index is 1.76. The minimum absolute atomic E-state index is 0.172. The van der Waals surface area contributed by atoms with Gasteiger partial charge in [-0.1, -0.05) is 18.2 Å². The number of nitrogens with zero attached hydrogens (tertiary/aromatic N) is 1. The summed E-state index contributed by atoms with van der Waals surface area (Å²) < 4.78 is 16.2. The van der Waals surface area contributed by atoms with Crippen LogP contribution in [0.2, 0.25) is 0 Å². The van der Waals surface area contributed by atoms with Crippen LogP contribution in [0, 0.1) is 6.92 Å². The van der Waals surface area contributed by atoms with Crippen molar-refractivity contribution in [3.8, 4) is 11.5 Å². The SMILES string of the molecule is COC(=O)c1ccc(OCC(C)(C)N(C(C)=O)c2ccc(NC(=O)Nc3ccccc3C)c(OC)c2)cc1. The quantitative estimate of drug-likeness (QED) is 0.354. The van der Waals surface area contributed by atoms with E-state index in [1.165, 1.54) is 21.1 Å². The Hall–Kier alpha value is -4.53. The molecule has 0 aliphatic heterocycles. The number of amides is 3. The molecule has 0 heterocycles. The molecule has 200 valence electrons. The summed E-state index contributed by atoms with van der Waals surface area (Å²) >= 11 is 0. The first kappa shape index (κ1) is 28.0. The number of carbonyl (C=O) groups is 3. The maximum absolute atomic E-state index is 12.8. The lowest BCUT2D eigenvalue weighted by Gasteiger charge is -2.38. The molecule has 0 radical (unpaired) electrons. The monoisotopic (exact) mass is 519 g/mol. The molecule has 3 aromatic carbocycles. The summed E-state index contributed by atoms with van der Waals surface area (Å²) in [5, 5.41) is 5.62. The Morgan fingerprint density at radius 2 is 1.55 bits per heavy atom. The molecule has 0 aromatic heterocycles. The van der Waals surface area contributed by atoms with Crippen molar-refractivity contribution in [3.05, 3.63) is 77.9 Å². The predicted molar refractivity (Wildman–Crippen MR) is 147 cm³/mol. The topological polar surface area (TPSA) is 106 Å². The first-order valence-corrected chi connectivity index (χ1v) is 12.0. The highest BCUT2D eigenvalue weighted by atomic mass is 16.5. The van der Waals surface area contributed by atoms with Gasteiger partial charge in [-0.15, -0.1) is 0 Å². The number of esters is 1. The Morgan fingerprint density at radius 3 is 2.16 bits per heavy atom. The van der Waals surface area contributed by atoms with Crippen molar-refractivity contribution in [2.45, 2.75) is 33.2 Å². The van der Waals surface area contributed by atoms with Gasteiger partial charge in [0.25, 0.3) is 0 Å². The van der Waals surface area contributed by atoms with Crippen molar-refractivity contribution < 1.29 is 28.6 Å². The maximum Gasteiger partial charge on any atom is 0.337 e. The van der Waals surface area contributed by atoms with Crippen molar-refractivity contribution in [2.75, 3.05) is 36.4 Å². The van der Waals surface area contributed by atoms with Gasteiger partial charge in [0.1, 0.15) is 18.1 Å². The summed E-state index contributed by atoms with van der Waals surface area (Å²) in [5.41, 5.74) is 2.32. The molecule has 3 amide bonds. The highest BCUT2D eigenvalue weighted by Gasteiger charge is 2.32.